The van der Waals surface area contributed by atoms with Crippen LogP contribution < -0.4 is 19.5 Å². The number of nitrogens with zero attached hydrogens (tertiary/aromatic N) is 1. The first-order chi connectivity index (χ1) is 16.0. The number of hydrogen-bond acceptors (Lipinski definition) is 6. The number of nitrogens with one attached hydrogen (secondary N) is 1. The van der Waals surface area contributed by atoms with Gasteiger partial charge in [0.2, 0.25) is 17.6 Å². The molecule has 0 spiro atoms. The topological polar surface area (TPSA) is 77.1 Å². The van der Waals surface area contributed by atoms with Crippen LogP contribution in [0.25, 0.3) is 0 Å². The number of carbonyl (C=O) groups is 2. The molecule has 1 aromatic carbocycles. The number of amides is 2. The highest BCUT2D eigenvalue weighted by Crippen LogP contribution is 2.43. The SMILES string of the molecule is COc1cc([C@H](C(=O)NC2CCCC2)N(C(=O)Cc2cccs2)C2CC2)cc(OC)c1OC. The molecule has 2 amide bonds. The van der Waals surface area contributed by atoms with Gasteiger partial charge in [-0.1, -0.05) is 18.9 Å². The smallest absolute Gasteiger partial charge is 0.247 e. The fraction of sp³-hybridized carbons (Fsp3) is 0.520. The van der Waals surface area contributed by atoms with Crippen LogP contribution in [0.15, 0.2) is 29.6 Å². The molecule has 4 rings (SSSR count). The Hall–Kier alpha value is -2.74. The molecule has 0 aliphatic heterocycles. The molecule has 2 saturated carbocycles. The third-order valence-corrected chi connectivity index (χ3v) is 7.24. The van der Waals surface area contributed by atoms with Gasteiger partial charge < -0.3 is 24.4 Å². The van der Waals surface area contributed by atoms with Gasteiger partial charge in [0, 0.05) is 17.0 Å². The van der Waals surface area contributed by atoms with Crippen molar-refractivity contribution in [2.24, 2.45) is 0 Å². The van der Waals surface area contributed by atoms with Crippen molar-refractivity contribution in [1.82, 2.24) is 10.2 Å². The minimum atomic E-state index is -0.765. The molecule has 178 valence electrons. The Morgan fingerprint density at radius 3 is 2.24 bits per heavy atom. The maximum atomic E-state index is 13.7. The van der Waals surface area contributed by atoms with E-state index in [9.17, 15) is 9.59 Å². The van der Waals surface area contributed by atoms with Crippen molar-refractivity contribution in [3.05, 3.63) is 40.1 Å². The Morgan fingerprint density at radius 1 is 1.06 bits per heavy atom. The van der Waals surface area contributed by atoms with Gasteiger partial charge in [0.15, 0.2) is 11.5 Å². The molecular weight excluding hydrogens is 440 g/mol. The van der Waals surface area contributed by atoms with Crippen LogP contribution >= 0.6 is 11.3 Å². The van der Waals surface area contributed by atoms with Gasteiger partial charge in [-0.2, -0.15) is 0 Å². The molecule has 0 radical (unpaired) electrons. The molecule has 1 heterocycles. The van der Waals surface area contributed by atoms with Gasteiger partial charge in [0.05, 0.1) is 27.8 Å². The quantitative estimate of drug-likeness (QED) is 0.563. The second kappa shape index (κ2) is 10.5. The predicted octanol–water partition coefficient (Wildman–Crippen LogP) is 4.11. The molecule has 1 N–H and O–H groups in total. The first kappa shape index (κ1) is 23.4. The summed E-state index contributed by atoms with van der Waals surface area (Å²) in [5.41, 5.74) is 0.659. The Kier molecular flexibility index (Phi) is 7.42. The summed E-state index contributed by atoms with van der Waals surface area (Å²) in [4.78, 5) is 30.0. The number of thiophene rings is 1. The van der Waals surface area contributed by atoms with Crippen molar-refractivity contribution < 1.29 is 23.8 Å². The Balaban J connectivity index is 1.73. The van der Waals surface area contributed by atoms with E-state index in [1.807, 2.05) is 17.5 Å². The lowest BCUT2D eigenvalue weighted by Gasteiger charge is -2.33. The molecule has 7 nitrogen and oxygen atoms in total. The number of methoxy groups -OCH3 is 3. The Morgan fingerprint density at radius 2 is 1.73 bits per heavy atom. The molecule has 2 aliphatic carbocycles. The van der Waals surface area contributed by atoms with Crippen molar-refractivity contribution in [2.75, 3.05) is 21.3 Å². The van der Waals surface area contributed by atoms with Crippen LogP contribution in [0.5, 0.6) is 17.2 Å². The highest BCUT2D eigenvalue weighted by Gasteiger charge is 2.42. The molecule has 2 aromatic rings. The predicted molar refractivity (Wildman–Crippen MR) is 127 cm³/mol. The average molecular weight is 473 g/mol. The van der Waals surface area contributed by atoms with Gasteiger partial charge >= 0.3 is 0 Å². The van der Waals surface area contributed by atoms with Crippen LogP contribution in [0.1, 0.15) is 55.0 Å². The molecule has 33 heavy (non-hydrogen) atoms. The number of rotatable bonds is 10. The lowest BCUT2D eigenvalue weighted by Crippen LogP contribution is -2.47. The van der Waals surface area contributed by atoms with Crippen LogP contribution in [-0.2, 0) is 16.0 Å². The molecule has 8 heteroatoms. The Bertz CT molecular complexity index is 942. The highest BCUT2D eigenvalue weighted by molar-refractivity contribution is 7.10. The summed E-state index contributed by atoms with van der Waals surface area (Å²) >= 11 is 1.56. The summed E-state index contributed by atoms with van der Waals surface area (Å²) in [6.45, 7) is 0. The monoisotopic (exact) mass is 472 g/mol. The molecule has 1 atom stereocenters. The summed E-state index contributed by atoms with van der Waals surface area (Å²) in [5, 5.41) is 5.18. The summed E-state index contributed by atoms with van der Waals surface area (Å²) < 4.78 is 16.6. The van der Waals surface area contributed by atoms with Crippen molar-refractivity contribution in [3.63, 3.8) is 0 Å². The highest BCUT2D eigenvalue weighted by atomic mass is 32.1. The van der Waals surface area contributed by atoms with Crippen molar-refractivity contribution in [3.8, 4) is 17.2 Å². The van der Waals surface area contributed by atoms with Crippen LogP contribution in [0, 0.1) is 0 Å². The summed E-state index contributed by atoms with van der Waals surface area (Å²) in [6.07, 6.45) is 6.25. The minimum absolute atomic E-state index is 0.0414. The molecular formula is C25H32N2O5S. The zero-order chi connectivity index (χ0) is 23.4. The lowest BCUT2D eigenvalue weighted by atomic mass is 10.0. The largest absolute Gasteiger partial charge is 0.493 e. The van der Waals surface area contributed by atoms with Gasteiger partial charge in [-0.25, -0.2) is 0 Å². The van der Waals surface area contributed by atoms with Crippen molar-refractivity contribution >= 4 is 23.2 Å². The molecule has 1 aromatic heterocycles. The van der Waals surface area contributed by atoms with E-state index in [2.05, 4.69) is 5.32 Å². The van der Waals surface area contributed by atoms with Gasteiger partial charge in [-0.15, -0.1) is 11.3 Å². The first-order valence-corrected chi connectivity index (χ1v) is 12.4. The second-order valence-corrected chi connectivity index (χ2v) is 9.67. The second-order valence-electron chi connectivity index (χ2n) is 8.64. The number of ether oxygens (including phenoxy) is 3. The summed E-state index contributed by atoms with van der Waals surface area (Å²) in [5.74, 6) is 1.20. The van der Waals surface area contributed by atoms with Crippen molar-refractivity contribution in [2.45, 2.75) is 63.1 Å². The van der Waals surface area contributed by atoms with E-state index in [1.54, 1.807) is 49.7 Å². The molecule has 0 unspecified atom stereocenters. The summed E-state index contributed by atoms with van der Waals surface area (Å²) in [7, 11) is 4.65. The standard InChI is InChI=1S/C25H32N2O5S/c1-30-20-13-16(14-21(31-2)24(20)32-3)23(25(29)26-17-7-4-5-8-17)27(18-10-11-18)22(28)15-19-9-6-12-33-19/h6,9,12-14,17-18,23H,4-5,7-8,10-11,15H2,1-3H3,(H,26,29)/t23-/m1/s1. The molecule has 0 saturated heterocycles. The normalized spacial score (nSPS) is 16.8. The van der Waals surface area contributed by atoms with E-state index in [4.69, 9.17) is 14.2 Å². The minimum Gasteiger partial charge on any atom is -0.493 e. The number of hydrogen-bond donors (Lipinski definition) is 1. The van der Waals surface area contributed by atoms with Gasteiger partial charge in [0.25, 0.3) is 0 Å². The van der Waals surface area contributed by atoms with Gasteiger partial charge in [0.1, 0.15) is 6.04 Å². The average Bonchev–Trinajstić information content (AvgIpc) is 3.27. The van der Waals surface area contributed by atoms with Gasteiger partial charge in [-0.05, 0) is 54.8 Å². The molecule has 2 aliphatic rings. The van der Waals surface area contributed by atoms with Crippen LogP contribution in [-0.4, -0.2) is 50.1 Å². The molecule has 0 bridgehead atoms. The van der Waals surface area contributed by atoms with E-state index in [0.29, 0.717) is 22.8 Å². The van der Waals surface area contributed by atoms with E-state index in [1.165, 1.54) is 0 Å². The van der Waals surface area contributed by atoms with E-state index in [0.717, 1.165) is 43.4 Å². The van der Waals surface area contributed by atoms with E-state index >= 15 is 0 Å². The zero-order valence-corrected chi connectivity index (χ0v) is 20.3. The van der Waals surface area contributed by atoms with Gasteiger partial charge in [-0.3, -0.25) is 9.59 Å². The van der Waals surface area contributed by atoms with Crippen molar-refractivity contribution in [1.29, 1.82) is 0 Å². The third-order valence-electron chi connectivity index (χ3n) is 6.36. The lowest BCUT2D eigenvalue weighted by molar-refractivity contribution is -0.141. The fourth-order valence-corrected chi connectivity index (χ4v) is 5.31. The zero-order valence-electron chi connectivity index (χ0n) is 19.5. The van der Waals surface area contributed by atoms with E-state index < -0.39 is 6.04 Å². The first-order valence-electron chi connectivity index (χ1n) is 11.5. The fourth-order valence-electron chi connectivity index (χ4n) is 4.61. The third kappa shape index (κ3) is 5.27. The number of benzene rings is 1. The van der Waals surface area contributed by atoms with Crippen LogP contribution in [0.3, 0.4) is 0 Å². The van der Waals surface area contributed by atoms with Crippen LogP contribution in [0.2, 0.25) is 0 Å². The van der Waals surface area contributed by atoms with E-state index in [-0.39, 0.29) is 30.3 Å². The summed E-state index contributed by atoms with van der Waals surface area (Å²) in [6, 6.07) is 6.91. The Labute approximate surface area is 199 Å². The number of carbonyl (C=O) groups excluding carboxylic acids is 2. The molecule has 2 fully saturated rings. The maximum absolute atomic E-state index is 13.7. The van der Waals surface area contributed by atoms with Crippen LogP contribution in [0.4, 0.5) is 0 Å². The maximum Gasteiger partial charge on any atom is 0.247 e.